The maximum Gasteiger partial charge on any atom is 0.305 e. The molecule has 4 heteroatoms. The fourth-order valence-electron chi connectivity index (χ4n) is 7.74. The molecule has 0 saturated carbocycles. The van der Waals surface area contributed by atoms with E-state index >= 15 is 0 Å². The van der Waals surface area contributed by atoms with Gasteiger partial charge in [0.1, 0.15) is 0 Å². The minimum atomic E-state index is -0.651. The highest BCUT2D eigenvalue weighted by atomic mass is 16.5. The topological polar surface area (TPSA) is 63.6 Å². The lowest BCUT2D eigenvalue weighted by Crippen LogP contribution is -2.05. The van der Waals surface area contributed by atoms with Gasteiger partial charge in [0.25, 0.3) is 0 Å². The molecule has 0 heterocycles. The molecule has 0 aliphatic heterocycles. The van der Waals surface area contributed by atoms with Crippen LogP contribution in [-0.2, 0) is 14.3 Å². The Balaban J connectivity index is 3.13. The lowest BCUT2D eigenvalue weighted by Gasteiger charge is -2.06. The van der Waals surface area contributed by atoms with Crippen LogP contribution in [0.25, 0.3) is 0 Å². The Hall–Kier alpha value is -1.32. The van der Waals surface area contributed by atoms with Crippen molar-refractivity contribution in [3.8, 4) is 0 Å². The van der Waals surface area contributed by atoms with Gasteiger partial charge >= 0.3 is 11.9 Å². The minimum absolute atomic E-state index is 0.0123. The van der Waals surface area contributed by atoms with Crippen molar-refractivity contribution in [3.05, 3.63) is 12.2 Å². The van der Waals surface area contributed by atoms with E-state index in [1.165, 1.54) is 238 Å². The number of aliphatic carboxylic acids is 1. The minimum Gasteiger partial charge on any atom is -0.481 e. The standard InChI is InChI=1S/C50H96O4/c1-2-3-4-5-6-7-31-35-38-41-44-47-50(53)54-48-45-42-39-36-33-30-28-26-24-22-20-18-16-14-12-10-8-9-11-13-15-17-19-21-23-25-27-29-32-34-37-40-43-46-49(51)52/h5-6H,2-4,7-48H2,1H3,(H,51,52)/b6-5-. The van der Waals surface area contributed by atoms with E-state index in [2.05, 4.69) is 19.1 Å². The first-order valence-corrected chi connectivity index (χ1v) is 24.7. The summed E-state index contributed by atoms with van der Waals surface area (Å²) >= 11 is 0. The summed E-state index contributed by atoms with van der Waals surface area (Å²) in [4.78, 5) is 22.5. The number of unbranched alkanes of at least 4 members (excludes halogenated alkanes) is 39. The molecule has 0 aromatic carbocycles. The van der Waals surface area contributed by atoms with Crippen LogP contribution in [0.1, 0.15) is 289 Å². The van der Waals surface area contributed by atoms with E-state index in [0.29, 0.717) is 19.4 Å². The predicted molar refractivity (Wildman–Crippen MR) is 237 cm³/mol. The van der Waals surface area contributed by atoms with Gasteiger partial charge in [0.15, 0.2) is 0 Å². The Morgan fingerprint density at radius 2 is 0.611 bits per heavy atom. The number of carboxylic acids is 1. The summed E-state index contributed by atoms with van der Waals surface area (Å²) in [5.74, 6) is -0.639. The normalized spacial score (nSPS) is 11.6. The summed E-state index contributed by atoms with van der Waals surface area (Å²) in [5, 5.41) is 8.66. The molecule has 0 rings (SSSR count). The Kier molecular flexibility index (Phi) is 46.7. The highest BCUT2D eigenvalue weighted by Crippen LogP contribution is 2.17. The Labute approximate surface area is 338 Å². The van der Waals surface area contributed by atoms with E-state index in [0.717, 1.165) is 32.1 Å². The SMILES string of the molecule is CCCC/C=C\CCCCCCCC(=O)OCCCCCCCCCCCCCCCCCCCCCCCCCCCCCCCCCCCC(=O)O. The second kappa shape index (κ2) is 47.8. The maximum atomic E-state index is 12.0. The number of carbonyl (C=O) groups is 2. The van der Waals surface area contributed by atoms with Crippen molar-refractivity contribution >= 4 is 11.9 Å². The van der Waals surface area contributed by atoms with Crippen LogP contribution in [0, 0.1) is 0 Å². The van der Waals surface area contributed by atoms with E-state index in [1.54, 1.807) is 0 Å². The second-order valence-corrected chi connectivity index (χ2v) is 17.0. The molecule has 0 aliphatic carbocycles. The lowest BCUT2D eigenvalue weighted by molar-refractivity contribution is -0.144. The molecule has 0 saturated heterocycles. The molecular formula is C50H96O4. The highest BCUT2D eigenvalue weighted by Gasteiger charge is 2.03. The van der Waals surface area contributed by atoms with Gasteiger partial charge in [-0.05, 0) is 38.5 Å². The molecule has 0 spiro atoms. The molecule has 54 heavy (non-hydrogen) atoms. The number of carbonyl (C=O) groups excluding carboxylic acids is 1. The van der Waals surface area contributed by atoms with Crippen LogP contribution in [0.15, 0.2) is 12.2 Å². The molecule has 320 valence electrons. The fraction of sp³-hybridized carbons (Fsp3) is 0.920. The third-order valence-corrected chi connectivity index (χ3v) is 11.4. The molecule has 0 fully saturated rings. The molecule has 0 atom stereocenters. The van der Waals surface area contributed by atoms with E-state index in [9.17, 15) is 9.59 Å². The van der Waals surface area contributed by atoms with Gasteiger partial charge in [-0.2, -0.15) is 0 Å². The average molecular weight is 761 g/mol. The van der Waals surface area contributed by atoms with Gasteiger partial charge in [-0.3, -0.25) is 9.59 Å². The Morgan fingerprint density at radius 1 is 0.352 bits per heavy atom. The van der Waals surface area contributed by atoms with Crippen LogP contribution in [0.4, 0.5) is 0 Å². The number of rotatable bonds is 47. The van der Waals surface area contributed by atoms with Crippen molar-refractivity contribution in [2.24, 2.45) is 0 Å². The van der Waals surface area contributed by atoms with E-state index in [1.807, 2.05) is 0 Å². The zero-order valence-corrected chi connectivity index (χ0v) is 36.6. The van der Waals surface area contributed by atoms with Gasteiger partial charge in [-0.1, -0.05) is 250 Å². The molecule has 0 aromatic heterocycles. The molecule has 0 amide bonds. The van der Waals surface area contributed by atoms with Gasteiger partial charge in [0.05, 0.1) is 6.61 Å². The van der Waals surface area contributed by atoms with E-state index in [4.69, 9.17) is 9.84 Å². The van der Waals surface area contributed by atoms with Crippen LogP contribution in [0.2, 0.25) is 0 Å². The van der Waals surface area contributed by atoms with Crippen molar-refractivity contribution in [3.63, 3.8) is 0 Å². The van der Waals surface area contributed by atoms with Crippen molar-refractivity contribution in [1.82, 2.24) is 0 Å². The molecule has 0 radical (unpaired) electrons. The Morgan fingerprint density at radius 3 is 0.926 bits per heavy atom. The van der Waals surface area contributed by atoms with Crippen LogP contribution >= 0.6 is 0 Å². The molecule has 0 aliphatic rings. The van der Waals surface area contributed by atoms with Gasteiger partial charge in [0.2, 0.25) is 0 Å². The van der Waals surface area contributed by atoms with Crippen LogP contribution in [-0.4, -0.2) is 23.7 Å². The maximum absolute atomic E-state index is 12.0. The summed E-state index contributed by atoms with van der Waals surface area (Å²) in [6.45, 7) is 2.86. The molecule has 0 unspecified atom stereocenters. The van der Waals surface area contributed by atoms with Crippen molar-refractivity contribution in [1.29, 1.82) is 0 Å². The molecule has 0 bridgehead atoms. The van der Waals surface area contributed by atoms with Crippen LogP contribution < -0.4 is 0 Å². The van der Waals surface area contributed by atoms with E-state index < -0.39 is 5.97 Å². The molecule has 0 aromatic rings. The number of allylic oxidation sites excluding steroid dienone is 2. The molecular weight excluding hydrogens is 665 g/mol. The molecule has 1 N–H and O–H groups in total. The van der Waals surface area contributed by atoms with Crippen molar-refractivity contribution in [2.75, 3.05) is 6.61 Å². The summed E-state index contributed by atoms with van der Waals surface area (Å²) < 4.78 is 5.45. The summed E-state index contributed by atoms with van der Waals surface area (Å²) in [6, 6.07) is 0. The first-order chi connectivity index (χ1) is 26.7. The number of hydrogen-bond donors (Lipinski definition) is 1. The van der Waals surface area contributed by atoms with Crippen LogP contribution in [0.5, 0.6) is 0 Å². The van der Waals surface area contributed by atoms with Gasteiger partial charge in [-0.15, -0.1) is 0 Å². The second-order valence-electron chi connectivity index (χ2n) is 17.0. The van der Waals surface area contributed by atoms with Crippen molar-refractivity contribution < 1.29 is 19.4 Å². The first-order valence-electron chi connectivity index (χ1n) is 24.7. The lowest BCUT2D eigenvalue weighted by atomic mass is 10.0. The van der Waals surface area contributed by atoms with E-state index in [-0.39, 0.29) is 5.97 Å². The van der Waals surface area contributed by atoms with Crippen LogP contribution in [0.3, 0.4) is 0 Å². The Bertz CT molecular complexity index is 762. The average Bonchev–Trinajstić information content (AvgIpc) is 3.16. The monoisotopic (exact) mass is 761 g/mol. The summed E-state index contributed by atoms with van der Waals surface area (Å²) in [5.41, 5.74) is 0. The summed E-state index contributed by atoms with van der Waals surface area (Å²) in [6.07, 6.45) is 61.5. The van der Waals surface area contributed by atoms with Gasteiger partial charge in [-0.25, -0.2) is 0 Å². The third kappa shape index (κ3) is 48.7. The largest absolute Gasteiger partial charge is 0.481 e. The zero-order valence-electron chi connectivity index (χ0n) is 36.6. The zero-order chi connectivity index (χ0) is 39.1. The number of carboxylic acid groups (broad SMARTS) is 1. The number of hydrogen-bond acceptors (Lipinski definition) is 3. The fourth-order valence-corrected chi connectivity index (χ4v) is 7.74. The van der Waals surface area contributed by atoms with Gasteiger partial charge in [0, 0.05) is 12.8 Å². The highest BCUT2D eigenvalue weighted by molar-refractivity contribution is 5.69. The number of esters is 1. The van der Waals surface area contributed by atoms with Gasteiger partial charge < -0.3 is 9.84 Å². The summed E-state index contributed by atoms with van der Waals surface area (Å²) in [7, 11) is 0. The molecule has 4 nitrogen and oxygen atoms in total. The first kappa shape index (κ1) is 52.7. The van der Waals surface area contributed by atoms with Crippen molar-refractivity contribution in [2.45, 2.75) is 289 Å². The smallest absolute Gasteiger partial charge is 0.305 e. The third-order valence-electron chi connectivity index (χ3n) is 11.4. The quantitative estimate of drug-likeness (QED) is 0.0381. The predicted octanol–water partition coefficient (Wildman–Crippen LogP) is 17.4. The number of ether oxygens (including phenoxy) is 1.